The molecule has 0 aliphatic carbocycles. The first-order valence-corrected chi connectivity index (χ1v) is 6.64. The number of likely N-dealkylation sites (N-methyl/N-ethyl adjacent to an activating group) is 1. The normalized spacial score (nSPS) is 12.6. The van der Waals surface area contributed by atoms with Crippen LogP contribution in [0.4, 0.5) is 0 Å². The zero-order valence-electron chi connectivity index (χ0n) is 11.8. The summed E-state index contributed by atoms with van der Waals surface area (Å²) in [7, 11) is 1.62. The van der Waals surface area contributed by atoms with Gasteiger partial charge < -0.3 is 14.8 Å². The van der Waals surface area contributed by atoms with Crippen molar-refractivity contribution >= 4 is 10.9 Å². The van der Waals surface area contributed by atoms with E-state index in [1.807, 2.05) is 36.2 Å². The zero-order chi connectivity index (χ0) is 14.5. The number of aromatic nitrogens is 1. The molecule has 2 N–H and O–H groups in total. The van der Waals surface area contributed by atoms with E-state index in [1.54, 1.807) is 7.11 Å². The second kappa shape index (κ2) is 6.42. The SMILES string of the molecule is CCN(CCO)C(C#N)c1c[nH]c2ccc(OC)cc12. The standard InChI is InChI=1S/C15H19N3O2/c1-3-18(6-7-19)15(9-16)13-10-17-14-5-4-11(20-2)8-12(13)14/h4-5,8,10,15,17,19H,3,6-7H2,1-2H3. The number of fused-ring (bicyclic) bond motifs is 1. The first kappa shape index (κ1) is 14.4. The van der Waals surface area contributed by atoms with Gasteiger partial charge in [0.1, 0.15) is 11.8 Å². The van der Waals surface area contributed by atoms with Crippen molar-refractivity contribution in [3.8, 4) is 11.8 Å². The van der Waals surface area contributed by atoms with Gasteiger partial charge in [0.05, 0.1) is 19.8 Å². The second-order valence-electron chi connectivity index (χ2n) is 4.54. The molecule has 5 heteroatoms. The third-order valence-electron chi connectivity index (χ3n) is 3.50. The molecule has 0 spiro atoms. The summed E-state index contributed by atoms with van der Waals surface area (Å²) in [4.78, 5) is 5.13. The molecule has 0 amide bonds. The van der Waals surface area contributed by atoms with Crippen LogP contribution in [0.1, 0.15) is 18.5 Å². The first-order valence-electron chi connectivity index (χ1n) is 6.64. The highest BCUT2D eigenvalue weighted by Crippen LogP contribution is 2.30. The van der Waals surface area contributed by atoms with Crippen LogP contribution in [0.2, 0.25) is 0 Å². The van der Waals surface area contributed by atoms with E-state index >= 15 is 0 Å². The van der Waals surface area contributed by atoms with E-state index in [0.717, 1.165) is 22.2 Å². The van der Waals surface area contributed by atoms with E-state index in [1.165, 1.54) is 0 Å². The van der Waals surface area contributed by atoms with E-state index in [-0.39, 0.29) is 12.6 Å². The topological polar surface area (TPSA) is 72.3 Å². The first-order chi connectivity index (χ1) is 9.74. The number of aliphatic hydroxyl groups is 1. The lowest BCUT2D eigenvalue weighted by atomic mass is 10.0. The van der Waals surface area contributed by atoms with E-state index < -0.39 is 0 Å². The van der Waals surface area contributed by atoms with Crippen molar-refractivity contribution in [3.05, 3.63) is 30.0 Å². The minimum absolute atomic E-state index is 0.0394. The number of nitriles is 1. The van der Waals surface area contributed by atoms with Gasteiger partial charge >= 0.3 is 0 Å². The van der Waals surface area contributed by atoms with Crippen LogP contribution >= 0.6 is 0 Å². The van der Waals surface area contributed by atoms with Gasteiger partial charge in [-0.3, -0.25) is 4.90 Å². The number of ether oxygens (including phenoxy) is 1. The molecule has 2 rings (SSSR count). The fourth-order valence-electron chi connectivity index (χ4n) is 2.42. The Morgan fingerprint density at radius 1 is 1.50 bits per heavy atom. The molecular weight excluding hydrogens is 254 g/mol. The van der Waals surface area contributed by atoms with Crippen molar-refractivity contribution in [1.82, 2.24) is 9.88 Å². The van der Waals surface area contributed by atoms with Gasteiger partial charge in [0.25, 0.3) is 0 Å². The van der Waals surface area contributed by atoms with Gasteiger partial charge in [-0.2, -0.15) is 5.26 Å². The Morgan fingerprint density at radius 3 is 2.90 bits per heavy atom. The number of benzene rings is 1. The fourth-order valence-corrected chi connectivity index (χ4v) is 2.42. The summed E-state index contributed by atoms with van der Waals surface area (Å²) in [5.41, 5.74) is 1.89. The maximum Gasteiger partial charge on any atom is 0.125 e. The molecule has 1 aromatic carbocycles. The lowest BCUT2D eigenvalue weighted by Crippen LogP contribution is -2.30. The molecule has 106 valence electrons. The smallest absolute Gasteiger partial charge is 0.125 e. The highest BCUT2D eigenvalue weighted by molar-refractivity contribution is 5.85. The molecule has 1 heterocycles. The molecule has 1 aromatic heterocycles. The number of methoxy groups -OCH3 is 1. The van der Waals surface area contributed by atoms with Gasteiger partial charge in [-0.15, -0.1) is 0 Å². The molecule has 0 saturated carbocycles. The van der Waals surface area contributed by atoms with Gasteiger partial charge in [-0.05, 0) is 24.7 Å². The zero-order valence-corrected chi connectivity index (χ0v) is 11.8. The number of aromatic amines is 1. The summed E-state index contributed by atoms with van der Waals surface area (Å²) in [6.45, 7) is 3.20. The number of aliphatic hydroxyl groups excluding tert-OH is 1. The van der Waals surface area contributed by atoms with Crippen molar-refractivity contribution in [1.29, 1.82) is 5.26 Å². The Bertz CT molecular complexity index is 615. The largest absolute Gasteiger partial charge is 0.497 e. The van der Waals surface area contributed by atoms with Gasteiger partial charge in [0, 0.05) is 29.2 Å². The Morgan fingerprint density at radius 2 is 2.30 bits per heavy atom. The minimum Gasteiger partial charge on any atom is -0.497 e. The lowest BCUT2D eigenvalue weighted by Gasteiger charge is -2.24. The number of H-pyrrole nitrogens is 1. The highest BCUT2D eigenvalue weighted by atomic mass is 16.5. The van der Waals surface area contributed by atoms with Gasteiger partial charge in [0.2, 0.25) is 0 Å². The average molecular weight is 273 g/mol. The quantitative estimate of drug-likeness (QED) is 0.845. The average Bonchev–Trinajstić information content (AvgIpc) is 2.90. The number of rotatable bonds is 6. The van der Waals surface area contributed by atoms with Crippen LogP contribution in [0.3, 0.4) is 0 Å². The van der Waals surface area contributed by atoms with Crippen molar-refractivity contribution in [2.75, 3.05) is 26.8 Å². The molecule has 0 fully saturated rings. The monoisotopic (exact) mass is 273 g/mol. The Hall–Kier alpha value is -2.03. The molecule has 0 aliphatic heterocycles. The molecule has 0 saturated heterocycles. The van der Waals surface area contributed by atoms with E-state index in [2.05, 4.69) is 11.1 Å². The third-order valence-corrected chi connectivity index (χ3v) is 3.50. The summed E-state index contributed by atoms with van der Waals surface area (Å²) in [6.07, 6.45) is 1.86. The summed E-state index contributed by atoms with van der Waals surface area (Å²) in [5.74, 6) is 0.764. The second-order valence-corrected chi connectivity index (χ2v) is 4.54. The number of nitrogens with zero attached hydrogens (tertiary/aromatic N) is 2. The highest BCUT2D eigenvalue weighted by Gasteiger charge is 2.21. The maximum absolute atomic E-state index is 9.49. The van der Waals surface area contributed by atoms with Crippen molar-refractivity contribution in [3.63, 3.8) is 0 Å². The molecule has 20 heavy (non-hydrogen) atoms. The fraction of sp³-hybridized carbons (Fsp3) is 0.400. The molecule has 1 atom stereocenters. The molecule has 1 unspecified atom stereocenters. The molecule has 0 aliphatic rings. The van der Waals surface area contributed by atoms with Crippen LogP contribution in [0, 0.1) is 11.3 Å². The molecule has 2 aromatic rings. The van der Waals surface area contributed by atoms with Gasteiger partial charge in [-0.25, -0.2) is 0 Å². The van der Waals surface area contributed by atoms with Crippen LogP contribution in [0.15, 0.2) is 24.4 Å². The maximum atomic E-state index is 9.49. The third kappa shape index (κ3) is 2.62. The molecule has 5 nitrogen and oxygen atoms in total. The predicted molar refractivity (Wildman–Crippen MR) is 77.5 cm³/mol. The van der Waals surface area contributed by atoms with Crippen LogP contribution in [-0.2, 0) is 0 Å². The van der Waals surface area contributed by atoms with Crippen LogP contribution in [0.25, 0.3) is 10.9 Å². The number of nitrogens with one attached hydrogen (secondary N) is 1. The van der Waals surface area contributed by atoms with Crippen molar-refractivity contribution in [2.45, 2.75) is 13.0 Å². The van der Waals surface area contributed by atoms with E-state index in [0.29, 0.717) is 13.1 Å². The van der Waals surface area contributed by atoms with E-state index in [4.69, 9.17) is 9.84 Å². The van der Waals surface area contributed by atoms with Gasteiger partial charge in [0.15, 0.2) is 0 Å². The van der Waals surface area contributed by atoms with Gasteiger partial charge in [-0.1, -0.05) is 6.92 Å². The Balaban J connectivity index is 2.46. The Kier molecular flexibility index (Phi) is 4.61. The van der Waals surface area contributed by atoms with Crippen LogP contribution in [-0.4, -0.2) is 41.8 Å². The summed E-state index contributed by atoms with van der Waals surface area (Å²) < 4.78 is 5.24. The molecule has 0 bridgehead atoms. The van der Waals surface area contributed by atoms with Crippen molar-refractivity contribution < 1.29 is 9.84 Å². The summed E-state index contributed by atoms with van der Waals surface area (Å²) in [5, 5.41) is 19.6. The van der Waals surface area contributed by atoms with Crippen LogP contribution in [0.5, 0.6) is 5.75 Å². The predicted octanol–water partition coefficient (Wildman–Crippen LogP) is 2.06. The minimum atomic E-state index is -0.381. The number of hydrogen-bond donors (Lipinski definition) is 2. The van der Waals surface area contributed by atoms with Crippen LogP contribution < -0.4 is 4.74 Å². The molecule has 0 radical (unpaired) electrons. The summed E-state index contributed by atoms with van der Waals surface area (Å²) >= 11 is 0. The number of hydrogen-bond acceptors (Lipinski definition) is 4. The summed E-state index contributed by atoms with van der Waals surface area (Å²) in [6, 6.07) is 7.69. The lowest BCUT2D eigenvalue weighted by molar-refractivity contribution is 0.181. The Labute approximate surface area is 118 Å². The van der Waals surface area contributed by atoms with Crippen molar-refractivity contribution in [2.24, 2.45) is 0 Å². The molecular formula is C15H19N3O2. The van der Waals surface area contributed by atoms with E-state index in [9.17, 15) is 5.26 Å².